The summed E-state index contributed by atoms with van der Waals surface area (Å²) < 4.78 is 10.6. The number of anilines is 2. The molecule has 1 N–H and O–H groups in total. The fraction of sp³-hybridized carbons (Fsp3) is 0.444. The Kier molecular flexibility index (Phi) is 5.03. The summed E-state index contributed by atoms with van der Waals surface area (Å²) in [6.45, 7) is 4.78. The third kappa shape index (κ3) is 3.69. The van der Waals surface area contributed by atoms with Gasteiger partial charge in [0.15, 0.2) is 11.5 Å². The molecule has 0 aliphatic carbocycles. The number of ether oxygens (including phenoxy) is 2. The lowest BCUT2D eigenvalue weighted by Gasteiger charge is -2.18. The Morgan fingerprint density at radius 2 is 1.79 bits per heavy atom. The number of hydrogen-bond donors (Lipinski definition) is 1. The molecule has 1 fully saturated rings. The van der Waals surface area contributed by atoms with Gasteiger partial charge in [-0.15, -0.1) is 0 Å². The molecule has 0 radical (unpaired) electrons. The van der Waals surface area contributed by atoms with Crippen LogP contribution in [-0.2, 0) is 6.54 Å². The fourth-order valence-electron chi connectivity index (χ4n) is 2.91. The Balaban J connectivity index is 1.72. The van der Waals surface area contributed by atoms with Crippen molar-refractivity contribution < 1.29 is 9.47 Å². The van der Waals surface area contributed by atoms with Crippen LogP contribution in [0.3, 0.4) is 0 Å². The van der Waals surface area contributed by atoms with Crippen LogP contribution in [-0.4, -0.2) is 37.3 Å². The molecule has 2 aromatic rings. The van der Waals surface area contributed by atoms with Crippen molar-refractivity contribution in [1.82, 2.24) is 9.97 Å². The van der Waals surface area contributed by atoms with E-state index in [-0.39, 0.29) is 0 Å². The first-order chi connectivity index (χ1) is 11.7. The van der Waals surface area contributed by atoms with Gasteiger partial charge in [-0.25, -0.2) is 4.98 Å². The van der Waals surface area contributed by atoms with Crippen molar-refractivity contribution in [2.45, 2.75) is 26.3 Å². The first-order valence-electron chi connectivity index (χ1n) is 8.25. The van der Waals surface area contributed by atoms with Crippen molar-refractivity contribution in [1.29, 1.82) is 0 Å². The number of aromatic nitrogens is 2. The van der Waals surface area contributed by atoms with Crippen molar-refractivity contribution >= 4 is 11.8 Å². The third-order valence-electron chi connectivity index (χ3n) is 4.17. The average Bonchev–Trinajstić information content (AvgIpc) is 3.14. The van der Waals surface area contributed by atoms with Crippen LogP contribution < -0.4 is 19.7 Å². The molecule has 0 saturated carbocycles. The Morgan fingerprint density at radius 3 is 2.50 bits per heavy atom. The second-order valence-electron chi connectivity index (χ2n) is 5.93. The summed E-state index contributed by atoms with van der Waals surface area (Å²) in [6.07, 6.45) is 2.47. The summed E-state index contributed by atoms with van der Waals surface area (Å²) >= 11 is 0. The zero-order valence-electron chi connectivity index (χ0n) is 14.5. The van der Waals surface area contributed by atoms with Gasteiger partial charge in [0, 0.05) is 31.4 Å². The van der Waals surface area contributed by atoms with E-state index in [1.807, 2.05) is 31.2 Å². The summed E-state index contributed by atoms with van der Waals surface area (Å²) in [7, 11) is 3.28. The van der Waals surface area contributed by atoms with Crippen molar-refractivity contribution in [3.63, 3.8) is 0 Å². The van der Waals surface area contributed by atoms with Crippen LogP contribution in [0.4, 0.5) is 11.8 Å². The highest BCUT2D eigenvalue weighted by molar-refractivity contribution is 5.47. The van der Waals surface area contributed by atoms with Gasteiger partial charge in [-0.05, 0) is 37.5 Å². The van der Waals surface area contributed by atoms with Crippen molar-refractivity contribution in [3.05, 3.63) is 35.5 Å². The van der Waals surface area contributed by atoms with E-state index in [1.165, 1.54) is 12.8 Å². The lowest BCUT2D eigenvalue weighted by Crippen LogP contribution is -2.20. The minimum Gasteiger partial charge on any atom is -0.493 e. The monoisotopic (exact) mass is 328 g/mol. The van der Waals surface area contributed by atoms with Crippen LogP contribution in [0.5, 0.6) is 11.5 Å². The molecule has 1 aromatic heterocycles. The molecular weight excluding hydrogens is 304 g/mol. The van der Waals surface area contributed by atoms with E-state index >= 15 is 0 Å². The summed E-state index contributed by atoms with van der Waals surface area (Å²) in [5, 5.41) is 3.31. The van der Waals surface area contributed by atoms with Crippen molar-refractivity contribution in [2.75, 3.05) is 37.5 Å². The molecule has 0 amide bonds. The number of aryl methyl sites for hydroxylation is 1. The first kappa shape index (κ1) is 16.4. The Labute approximate surface area is 142 Å². The molecule has 0 unspecified atom stereocenters. The summed E-state index contributed by atoms with van der Waals surface area (Å²) in [6, 6.07) is 7.92. The molecule has 1 aromatic carbocycles. The van der Waals surface area contributed by atoms with Gasteiger partial charge in [-0.3, -0.25) is 0 Å². The SMILES string of the molecule is COc1ccc(CNc2nc(C)cc(N3CCCC3)n2)cc1OC. The molecule has 3 rings (SSSR count). The van der Waals surface area contributed by atoms with E-state index in [0.717, 1.165) is 41.7 Å². The molecule has 6 heteroatoms. The van der Waals surface area contributed by atoms with Gasteiger partial charge in [0.05, 0.1) is 14.2 Å². The summed E-state index contributed by atoms with van der Waals surface area (Å²) in [5.74, 6) is 3.12. The molecule has 1 aliphatic heterocycles. The molecule has 1 saturated heterocycles. The predicted octanol–water partition coefficient (Wildman–Crippen LogP) is 3.01. The zero-order valence-corrected chi connectivity index (χ0v) is 14.5. The smallest absolute Gasteiger partial charge is 0.225 e. The minimum absolute atomic E-state index is 0.628. The normalized spacial score (nSPS) is 13.9. The van der Waals surface area contributed by atoms with Gasteiger partial charge in [0.25, 0.3) is 0 Å². The van der Waals surface area contributed by atoms with Gasteiger partial charge in [0.1, 0.15) is 5.82 Å². The van der Waals surface area contributed by atoms with E-state index in [4.69, 9.17) is 9.47 Å². The quantitative estimate of drug-likeness (QED) is 0.879. The van der Waals surface area contributed by atoms with E-state index in [1.54, 1.807) is 14.2 Å². The Morgan fingerprint density at radius 1 is 1.04 bits per heavy atom. The maximum atomic E-state index is 5.34. The lowest BCUT2D eigenvalue weighted by atomic mass is 10.2. The molecule has 0 atom stereocenters. The molecule has 24 heavy (non-hydrogen) atoms. The van der Waals surface area contributed by atoms with Crippen molar-refractivity contribution in [3.8, 4) is 11.5 Å². The van der Waals surface area contributed by atoms with E-state index in [9.17, 15) is 0 Å². The number of benzene rings is 1. The van der Waals surface area contributed by atoms with Crippen LogP contribution in [0.2, 0.25) is 0 Å². The van der Waals surface area contributed by atoms with E-state index < -0.39 is 0 Å². The molecule has 2 heterocycles. The standard InChI is InChI=1S/C18H24N4O2/c1-13-10-17(22-8-4-5-9-22)21-18(20-13)19-12-14-6-7-15(23-2)16(11-14)24-3/h6-7,10-11H,4-5,8-9,12H2,1-3H3,(H,19,20,21). The average molecular weight is 328 g/mol. The zero-order chi connectivity index (χ0) is 16.9. The van der Waals surface area contributed by atoms with E-state index in [0.29, 0.717) is 12.5 Å². The van der Waals surface area contributed by atoms with E-state index in [2.05, 4.69) is 20.2 Å². The molecule has 1 aliphatic rings. The van der Waals surface area contributed by atoms with Gasteiger partial charge >= 0.3 is 0 Å². The number of methoxy groups -OCH3 is 2. The van der Waals surface area contributed by atoms with Crippen LogP contribution in [0, 0.1) is 6.92 Å². The number of nitrogens with zero attached hydrogens (tertiary/aromatic N) is 3. The van der Waals surface area contributed by atoms with Gasteiger partial charge in [-0.2, -0.15) is 4.98 Å². The van der Waals surface area contributed by atoms with Gasteiger partial charge in [-0.1, -0.05) is 6.07 Å². The molecule has 6 nitrogen and oxygen atoms in total. The fourth-order valence-corrected chi connectivity index (χ4v) is 2.91. The van der Waals surface area contributed by atoms with Crippen molar-refractivity contribution in [2.24, 2.45) is 0 Å². The lowest BCUT2D eigenvalue weighted by molar-refractivity contribution is 0.354. The van der Waals surface area contributed by atoms with Crippen LogP contribution in [0.1, 0.15) is 24.1 Å². The topological polar surface area (TPSA) is 59.5 Å². The second kappa shape index (κ2) is 7.38. The Hall–Kier alpha value is -2.50. The summed E-state index contributed by atoms with van der Waals surface area (Å²) in [4.78, 5) is 11.5. The van der Waals surface area contributed by atoms with Crippen LogP contribution in [0.15, 0.2) is 24.3 Å². The highest BCUT2D eigenvalue weighted by atomic mass is 16.5. The van der Waals surface area contributed by atoms with Crippen LogP contribution in [0.25, 0.3) is 0 Å². The molecule has 0 bridgehead atoms. The minimum atomic E-state index is 0.628. The summed E-state index contributed by atoms with van der Waals surface area (Å²) in [5.41, 5.74) is 2.06. The second-order valence-corrected chi connectivity index (χ2v) is 5.93. The number of rotatable bonds is 6. The molecule has 0 spiro atoms. The highest BCUT2D eigenvalue weighted by Crippen LogP contribution is 2.28. The molecular formula is C18H24N4O2. The number of hydrogen-bond acceptors (Lipinski definition) is 6. The molecule has 128 valence electrons. The maximum absolute atomic E-state index is 5.34. The third-order valence-corrected chi connectivity index (χ3v) is 4.17. The first-order valence-corrected chi connectivity index (χ1v) is 8.25. The number of nitrogens with one attached hydrogen (secondary N) is 1. The predicted molar refractivity (Wildman–Crippen MR) is 95.1 cm³/mol. The Bertz CT molecular complexity index is 699. The maximum Gasteiger partial charge on any atom is 0.225 e. The highest BCUT2D eigenvalue weighted by Gasteiger charge is 2.15. The van der Waals surface area contributed by atoms with Crippen LogP contribution >= 0.6 is 0 Å². The van der Waals surface area contributed by atoms with Gasteiger partial charge < -0.3 is 19.7 Å². The largest absolute Gasteiger partial charge is 0.493 e. The van der Waals surface area contributed by atoms with Gasteiger partial charge in [0.2, 0.25) is 5.95 Å².